The standard InChI is InChI=1S/C23H25N7O2/c1-15-2-7-18(32-15)13-29(20(31)8-10-24)12-16-3-5-17(6-4-16)21-22-19-9-11-25-23(19)26-14-30(22)28-27-21/h2,7,9,11,14,16-17,25H,3-6,8,12-13H2,1H3. The number of carbonyl (C=O) groups is 1. The van der Waals surface area contributed by atoms with Crippen molar-refractivity contribution in [1.82, 2.24) is 29.7 Å². The van der Waals surface area contributed by atoms with Gasteiger partial charge in [0, 0.05) is 24.0 Å². The molecule has 4 aromatic heterocycles. The van der Waals surface area contributed by atoms with Gasteiger partial charge in [-0.2, -0.15) is 5.26 Å². The lowest BCUT2D eigenvalue weighted by Crippen LogP contribution is -2.35. The molecule has 1 N–H and O–H groups in total. The minimum atomic E-state index is -0.143. The predicted octanol–water partition coefficient (Wildman–Crippen LogP) is 3.72. The summed E-state index contributed by atoms with van der Waals surface area (Å²) in [5, 5.41) is 18.8. The number of hydrogen-bond donors (Lipinski definition) is 1. The molecule has 1 fully saturated rings. The van der Waals surface area contributed by atoms with Crippen LogP contribution in [0.25, 0.3) is 16.6 Å². The molecule has 0 bridgehead atoms. The third-order valence-electron chi connectivity index (χ3n) is 6.43. The number of H-pyrrole nitrogens is 1. The van der Waals surface area contributed by atoms with Gasteiger partial charge in [0.1, 0.15) is 35.4 Å². The molecule has 32 heavy (non-hydrogen) atoms. The summed E-state index contributed by atoms with van der Waals surface area (Å²) in [6, 6.07) is 7.79. The first-order valence-corrected chi connectivity index (χ1v) is 11.0. The lowest BCUT2D eigenvalue weighted by molar-refractivity contribution is -0.131. The van der Waals surface area contributed by atoms with Crippen molar-refractivity contribution in [3.05, 3.63) is 47.9 Å². The fraction of sp³-hybridized carbons (Fsp3) is 0.435. The third kappa shape index (κ3) is 3.84. The van der Waals surface area contributed by atoms with Crippen LogP contribution in [0.4, 0.5) is 0 Å². The van der Waals surface area contributed by atoms with Crippen LogP contribution >= 0.6 is 0 Å². The Labute approximate surface area is 185 Å². The minimum absolute atomic E-state index is 0.109. The molecule has 0 saturated heterocycles. The third-order valence-corrected chi connectivity index (χ3v) is 6.43. The number of nitrogens with zero attached hydrogens (tertiary/aromatic N) is 6. The normalized spacial score (nSPS) is 18.8. The Morgan fingerprint density at radius 3 is 2.91 bits per heavy atom. The molecule has 1 aliphatic rings. The van der Waals surface area contributed by atoms with E-state index in [0.29, 0.717) is 24.9 Å². The fourth-order valence-electron chi connectivity index (χ4n) is 4.82. The molecular formula is C23H25N7O2. The molecule has 0 aromatic carbocycles. The zero-order chi connectivity index (χ0) is 22.1. The van der Waals surface area contributed by atoms with Crippen LogP contribution in [-0.2, 0) is 11.3 Å². The molecule has 0 unspecified atom stereocenters. The molecule has 0 atom stereocenters. The average molecular weight is 432 g/mol. The van der Waals surface area contributed by atoms with E-state index in [4.69, 9.17) is 9.68 Å². The van der Waals surface area contributed by atoms with Crippen molar-refractivity contribution in [2.45, 2.75) is 51.5 Å². The summed E-state index contributed by atoms with van der Waals surface area (Å²) in [6.45, 7) is 2.93. The quantitative estimate of drug-likeness (QED) is 0.497. The Morgan fingerprint density at radius 1 is 1.31 bits per heavy atom. The van der Waals surface area contributed by atoms with Gasteiger partial charge in [-0.15, -0.1) is 5.10 Å². The first-order valence-electron chi connectivity index (χ1n) is 11.0. The summed E-state index contributed by atoms with van der Waals surface area (Å²) in [6.07, 6.45) is 7.46. The topological polar surface area (TPSA) is 116 Å². The Hall–Kier alpha value is -3.67. The van der Waals surface area contributed by atoms with Crippen LogP contribution in [0.5, 0.6) is 0 Å². The monoisotopic (exact) mass is 431 g/mol. The second-order valence-corrected chi connectivity index (χ2v) is 8.59. The molecule has 0 aliphatic heterocycles. The van der Waals surface area contributed by atoms with E-state index in [1.54, 1.807) is 15.7 Å². The summed E-state index contributed by atoms with van der Waals surface area (Å²) >= 11 is 0. The minimum Gasteiger partial charge on any atom is -0.464 e. The summed E-state index contributed by atoms with van der Waals surface area (Å²) < 4.78 is 7.42. The number of carbonyl (C=O) groups excluding carboxylic acids is 1. The first-order chi connectivity index (χ1) is 15.6. The Kier molecular flexibility index (Phi) is 5.35. The number of nitrogens with one attached hydrogen (secondary N) is 1. The van der Waals surface area contributed by atoms with Gasteiger partial charge < -0.3 is 14.3 Å². The highest BCUT2D eigenvalue weighted by atomic mass is 16.3. The Balaban J connectivity index is 1.28. The van der Waals surface area contributed by atoms with Gasteiger partial charge in [-0.05, 0) is 56.7 Å². The van der Waals surface area contributed by atoms with Crippen LogP contribution in [0, 0.1) is 24.2 Å². The molecule has 5 rings (SSSR count). The fourth-order valence-corrected chi connectivity index (χ4v) is 4.82. The van der Waals surface area contributed by atoms with Crippen LogP contribution in [0.3, 0.4) is 0 Å². The molecule has 0 radical (unpaired) electrons. The van der Waals surface area contributed by atoms with E-state index >= 15 is 0 Å². The summed E-state index contributed by atoms with van der Waals surface area (Å²) in [5.41, 5.74) is 2.90. The summed E-state index contributed by atoms with van der Waals surface area (Å²) in [4.78, 5) is 21.9. The maximum absolute atomic E-state index is 12.6. The zero-order valence-corrected chi connectivity index (χ0v) is 18.0. The Morgan fingerprint density at radius 2 is 2.16 bits per heavy atom. The van der Waals surface area contributed by atoms with E-state index in [9.17, 15) is 4.79 Å². The van der Waals surface area contributed by atoms with E-state index in [2.05, 4.69) is 20.3 Å². The molecule has 4 heterocycles. The molecule has 1 aliphatic carbocycles. The van der Waals surface area contributed by atoms with Gasteiger partial charge >= 0.3 is 0 Å². The number of fused-ring (bicyclic) bond motifs is 3. The Bertz CT molecular complexity index is 1290. The van der Waals surface area contributed by atoms with Gasteiger partial charge in [-0.3, -0.25) is 4.79 Å². The molecule has 164 valence electrons. The van der Waals surface area contributed by atoms with E-state index in [0.717, 1.165) is 59.4 Å². The van der Waals surface area contributed by atoms with Crippen LogP contribution in [0.2, 0.25) is 0 Å². The van der Waals surface area contributed by atoms with Gasteiger partial charge in [0.2, 0.25) is 5.91 Å². The number of amides is 1. The van der Waals surface area contributed by atoms with Gasteiger partial charge in [0.15, 0.2) is 0 Å². The SMILES string of the molecule is Cc1ccc(CN(CC2CCC(c3nnn4cnc5[nH]ccc5c34)CC2)C(=O)CC#N)o1. The summed E-state index contributed by atoms with van der Waals surface area (Å²) in [5.74, 6) is 2.15. The van der Waals surface area contributed by atoms with Gasteiger partial charge in [0.05, 0.1) is 18.3 Å². The lowest BCUT2D eigenvalue weighted by Gasteiger charge is -2.32. The van der Waals surface area contributed by atoms with Crippen LogP contribution in [0.15, 0.2) is 35.1 Å². The van der Waals surface area contributed by atoms with E-state index < -0.39 is 0 Å². The van der Waals surface area contributed by atoms with E-state index in [-0.39, 0.29) is 12.3 Å². The van der Waals surface area contributed by atoms with Gasteiger partial charge in [-0.1, -0.05) is 5.21 Å². The van der Waals surface area contributed by atoms with E-state index in [1.165, 1.54) is 0 Å². The van der Waals surface area contributed by atoms with Crippen molar-refractivity contribution in [3.63, 3.8) is 0 Å². The highest BCUT2D eigenvalue weighted by Gasteiger charge is 2.29. The number of hydrogen-bond acceptors (Lipinski definition) is 6. The van der Waals surface area contributed by atoms with Crippen LogP contribution in [-0.4, -0.2) is 42.1 Å². The maximum atomic E-state index is 12.6. The van der Waals surface area contributed by atoms with Gasteiger partial charge in [0.25, 0.3) is 0 Å². The number of nitriles is 1. The maximum Gasteiger partial charge on any atom is 0.237 e. The number of rotatable bonds is 6. The van der Waals surface area contributed by atoms with Crippen molar-refractivity contribution in [1.29, 1.82) is 5.26 Å². The van der Waals surface area contributed by atoms with Crippen LogP contribution < -0.4 is 0 Å². The highest BCUT2D eigenvalue weighted by Crippen LogP contribution is 2.38. The number of aromatic amines is 1. The molecule has 0 spiro atoms. The zero-order valence-electron chi connectivity index (χ0n) is 18.0. The molecule has 4 aromatic rings. The number of furan rings is 1. The number of aromatic nitrogens is 5. The molecule has 1 amide bonds. The van der Waals surface area contributed by atoms with Crippen LogP contribution in [0.1, 0.15) is 55.2 Å². The average Bonchev–Trinajstić information content (AvgIpc) is 3.52. The molecule has 9 heteroatoms. The van der Waals surface area contributed by atoms with Crippen molar-refractivity contribution >= 4 is 22.5 Å². The second-order valence-electron chi connectivity index (χ2n) is 8.59. The smallest absolute Gasteiger partial charge is 0.237 e. The van der Waals surface area contributed by atoms with Crippen molar-refractivity contribution in [3.8, 4) is 6.07 Å². The summed E-state index contributed by atoms with van der Waals surface area (Å²) in [7, 11) is 0. The van der Waals surface area contributed by atoms with Crippen molar-refractivity contribution in [2.24, 2.45) is 5.92 Å². The first kappa shape index (κ1) is 20.2. The van der Waals surface area contributed by atoms with Gasteiger partial charge in [-0.25, -0.2) is 9.50 Å². The molecule has 1 saturated carbocycles. The predicted molar refractivity (Wildman–Crippen MR) is 116 cm³/mol. The lowest BCUT2D eigenvalue weighted by atomic mass is 9.80. The van der Waals surface area contributed by atoms with Crippen molar-refractivity contribution < 1.29 is 9.21 Å². The highest BCUT2D eigenvalue weighted by molar-refractivity contribution is 5.92. The second kappa shape index (κ2) is 8.46. The van der Waals surface area contributed by atoms with Crippen molar-refractivity contribution in [2.75, 3.05) is 6.54 Å². The number of aryl methyl sites for hydroxylation is 1. The largest absolute Gasteiger partial charge is 0.464 e. The molecular weight excluding hydrogens is 406 g/mol. The molecule has 9 nitrogen and oxygen atoms in total. The van der Waals surface area contributed by atoms with E-state index in [1.807, 2.05) is 37.4 Å².